The molecule has 4 unspecified atom stereocenters. The first-order valence-electron chi connectivity index (χ1n) is 42.8. The van der Waals surface area contributed by atoms with Gasteiger partial charge in [0.25, 0.3) is 11.6 Å². The second kappa shape index (κ2) is 43.6. The molecule has 37 heteroatoms. The van der Waals surface area contributed by atoms with E-state index < -0.39 is 76.1 Å². The Morgan fingerprint density at radius 3 is 1.10 bits per heavy atom. The van der Waals surface area contributed by atoms with Crippen LogP contribution in [0.3, 0.4) is 0 Å². The van der Waals surface area contributed by atoms with Crippen LogP contribution in [0.1, 0.15) is 153 Å². The number of carbonyl (C=O) groups excluding carboxylic acids is 4. The van der Waals surface area contributed by atoms with Crippen LogP contribution in [0.4, 0.5) is 24.8 Å². The lowest BCUT2D eigenvalue weighted by Crippen LogP contribution is -2.47. The Bertz CT molecular complexity index is 6030. The van der Waals surface area contributed by atoms with E-state index in [1.807, 2.05) is 104 Å². The number of carbonyl (C=O) groups is 4. The Hall–Kier alpha value is -10.4. The molecule has 4 atom stereocenters. The van der Waals surface area contributed by atoms with Gasteiger partial charge in [-0.05, 0) is 293 Å². The number of nitrogens with zero attached hydrogens (tertiary/aromatic N) is 14. The van der Waals surface area contributed by atoms with E-state index in [9.17, 15) is 66.0 Å². The summed E-state index contributed by atoms with van der Waals surface area (Å²) in [5, 5.41) is 0. The van der Waals surface area contributed by atoms with E-state index in [-0.39, 0.29) is 85.1 Å². The standard InChI is InChI=1S/C23H26FN5O3S.C23H28FN5O3S.C23H31FN4O3S.C23H32N4O3S/c1-25-22-11-15(7-9-26-22)19-12-21(24)18-6-4-5-17(18)20(19)13-23(30)27-33(31,32)29(3)16-8-10-28(2)14-16;1-15(2)19-11-17(24)12-20(16-6-8-26-22(10-16)25-3)21(19)13-23(30)27-33(31,32)29(5)18-7-9-28(4)14-18;1-15(2)20-11-18(24)12-21(17-6-8-25-16(3)10-17)22(20)13-23(29)26-32(30,31)28(5)19-7-9-27(4)14-19;1-16(2)20-11-17(3)12-21(18-7-6-9-24-14-18)22(20)13-23(28)25-31(29,30)27(5)19-8-10-26(4)15-19/h7,9,11-12,16H,4-6,8,10,13-14H2,2-3H3,(H,27,30);6,8,10-12,15,18H,7,9,13-14H2,1-2,4-5H3,(H,27,30);6,8,10-12,15,19H,7,9,13-14H2,1-5H3,(H,26,29);6-7,9,11-12,14,16,19H,8,10,13,15H2,1-5H3,(H,25,28). The van der Waals surface area contributed by atoms with Crippen molar-refractivity contribution >= 4 is 76.1 Å². The fourth-order valence-corrected chi connectivity index (χ4v) is 21.4. The lowest BCUT2D eigenvalue weighted by Gasteiger charge is -2.24. The van der Waals surface area contributed by atoms with E-state index in [1.165, 1.54) is 94.2 Å². The van der Waals surface area contributed by atoms with E-state index in [1.54, 1.807) is 42.9 Å². The van der Waals surface area contributed by atoms with Crippen LogP contribution in [-0.4, -0.2) is 247 Å². The molecule has 0 spiro atoms. The lowest BCUT2D eigenvalue weighted by molar-refractivity contribution is -0.119. The molecule has 692 valence electrons. The van der Waals surface area contributed by atoms with Crippen molar-refractivity contribution < 1.29 is 66.0 Å². The van der Waals surface area contributed by atoms with Crippen LogP contribution >= 0.6 is 0 Å². The number of aromatic nitrogens is 4. The molecule has 0 radical (unpaired) electrons. The van der Waals surface area contributed by atoms with Crippen molar-refractivity contribution in [3.63, 3.8) is 0 Å². The van der Waals surface area contributed by atoms with E-state index >= 15 is 0 Å². The predicted octanol–water partition coefficient (Wildman–Crippen LogP) is 11.1. The topological polar surface area (TPSA) is 339 Å². The summed E-state index contributed by atoms with van der Waals surface area (Å²) in [5.74, 6) is -3.46. The van der Waals surface area contributed by atoms with E-state index in [0.29, 0.717) is 119 Å². The van der Waals surface area contributed by atoms with Crippen molar-refractivity contribution in [1.29, 1.82) is 0 Å². The van der Waals surface area contributed by atoms with Gasteiger partial charge in [0.15, 0.2) is 0 Å². The summed E-state index contributed by atoms with van der Waals surface area (Å²) in [6, 6.07) is 24.0. The highest BCUT2D eigenvalue weighted by atomic mass is 32.2. The third-order valence-corrected chi connectivity index (χ3v) is 30.3. The summed E-state index contributed by atoms with van der Waals surface area (Å²) in [7, 11) is -2.25. The SMILES string of the molecule is Cc1cc(-c2cc(F)cc(C(C)C)c2CC(=O)NS(=O)(=O)N(C)C2CCN(C)C2)ccn1.Cc1cc(-c2cccnc2)c(CC(=O)NS(=O)(=O)N(C)C2CCN(C)C2)c(C(C)C)c1.[C-]#[N+]c1cc(-c2cc(F)c3c(c2CC(=O)NS(=O)(=O)N(C)C2CCN(C)C2)CCC3)ccn1.[C-]#[N+]c1cc(-c2cc(F)cc(C(C)C)c2CC(=O)NS(=O)(=O)N(C)C2CCN(C)C2)ccn1. The van der Waals surface area contributed by atoms with Crippen molar-refractivity contribution in [3.8, 4) is 44.5 Å². The second-order valence-electron chi connectivity index (χ2n) is 34.8. The molecule has 4 N–H and O–H groups in total. The molecule has 5 aliphatic rings. The zero-order valence-electron chi connectivity index (χ0n) is 76.0. The molecule has 4 aromatic heterocycles. The summed E-state index contributed by atoms with van der Waals surface area (Å²) >= 11 is 0. The molecule has 4 fully saturated rings. The fraction of sp³-hybridized carbons (Fsp3) is 0.457. The monoisotopic (exact) mass is 1850 g/mol. The number of hydrogen-bond donors (Lipinski definition) is 4. The summed E-state index contributed by atoms with van der Waals surface area (Å²) in [6.07, 6.45) is 12.2. The average Bonchev–Trinajstić information content (AvgIpc) is 1.77. The van der Waals surface area contributed by atoms with Gasteiger partial charge in [-0.15, -0.1) is 9.97 Å². The first-order chi connectivity index (χ1) is 60.8. The maximum absolute atomic E-state index is 14.8. The Labute approximate surface area is 757 Å². The molecule has 1 aliphatic carbocycles. The number of aryl methyl sites for hydroxylation is 2. The highest BCUT2D eigenvalue weighted by molar-refractivity contribution is 7.88. The molecule has 4 aliphatic heterocycles. The number of halogens is 3. The lowest BCUT2D eigenvalue weighted by atomic mass is 9.87. The van der Waals surface area contributed by atoms with Crippen LogP contribution in [-0.2, 0) is 98.5 Å². The van der Waals surface area contributed by atoms with Gasteiger partial charge in [0.2, 0.25) is 23.6 Å². The minimum absolute atomic E-state index is 0.0182. The fourth-order valence-electron chi connectivity index (χ4n) is 17.1. The Morgan fingerprint density at radius 2 is 0.767 bits per heavy atom. The van der Waals surface area contributed by atoms with Crippen molar-refractivity contribution in [2.75, 3.05) is 109 Å². The normalized spacial score (nSPS) is 17.5. The minimum atomic E-state index is -4.03. The van der Waals surface area contributed by atoms with Crippen LogP contribution < -0.4 is 18.9 Å². The van der Waals surface area contributed by atoms with Gasteiger partial charge in [0, 0.05) is 108 Å². The van der Waals surface area contributed by atoms with Crippen molar-refractivity contribution in [3.05, 3.63) is 224 Å². The molecule has 13 rings (SSSR count). The van der Waals surface area contributed by atoms with Gasteiger partial charge >= 0.3 is 40.8 Å². The molecule has 0 saturated carbocycles. The second-order valence-corrected chi connectivity index (χ2v) is 41.7. The predicted molar refractivity (Wildman–Crippen MR) is 493 cm³/mol. The largest absolute Gasteiger partial charge is 0.361 e. The molecule has 8 heterocycles. The van der Waals surface area contributed by atoms with Crippen LogP contribution in [0.5, 0.6) is 0 Å². The summed E-state index contributed by atoms with van der Waals surface area (Å²) in [6.45, 7) is 35.7. The third kappa shape index (κ3) is 26.1. The number of nitrogens with one attached hydrogen (secondary N) is 4. The average molecular weight is 1850 g/mol. The number of hydrogen-bond acceptors (Lipinski definition) is 20. The van der Waals surface area contributed by atoms with Crippen LogP contribution in [0, 0.1) is 44.4 Å². The smallest absolute Gasteiger partial charge is 0.303 e. The molecule has 4 saturated heterocycles. The summed E-state index contributed by atoms with van der Waals surface area (Å²) < 4.78 is 160. The molecular weight excluding hydrogens is 1730 g/mol. The van der Waals surface area contributed by atoms with Gasteiger partial charge in [-0.3, -0.25) is 29.1 Å². The molecule has 4 aromatic carbocycles. The van der Waals surface area contributed by atoms with Gasteiger partial charge in [-0.2, -0.15) is 50.9 Å². The van der Waals surface area contributed by atoms with Gasteiger partial charge in [0.1, 0.15) is 29.8 Å². The zero-order valence-corrected chi connectivity index (χ0v) is 79.2. The highest BCUT2D eigenvalue weighted by Gasteiger charge is 2.38. The van der Waals surface area contributed by atoms with Gasteiger partial charge < -0.3 is 29.3 Å². The van der Waals surface area contributed by atoms with Gasteiger partial charge in [-0.1, -0.05) is 78.4 Å². The summed E-state index contributed by atoms with van der Waals surface area (Å²) in [5.41, 5.74) is 13.2. The number of rotatable bonds is 27. The minimum Gasteiger partial charge on any atom is -0.361 e. The molecule has 8 aromatic rings. The Kier molecular flexibility index (Phi) is 34.0. The van der Waals surface area contributed by atoms with Crippen LogP contribution in [0.2, 0.25) is 0 Å². The maximum Gasteiger partial charge on any atom is 0.303 e. The van der Waals surface area contributed by atoms with Gasteiger partial charge in [-0.25, -0.2) is 32.1 Å². The van der Waals surface area contributed by atoms with Crippen molar-refractivity contribution in [2.24, 2.45) is 0 Å². The Morgan fingerprint density at radius 1 is 0.434 bits per heavy atom. The molecular formula is C92H117F3N18O12S4. The zero-order chi connectivity index (χ0) is 94.5. The number of amides is 4. The maximum atomic E-state index is 14.8. The number of pyridine rings is 4. The molecule has 129 heavy (non-hydrogen) atoms. The van der Waals surface area contributed by atoms with Gasteiger partial charge in [0.05, 0.1) is 25.7 Å². The molecule has 30 nitrogen and oxygen atoms in total. The molecule has 4 amide bonds. The third-order valence-electron chi connectivity index (χ3n) is 24.1. The van der Waals surface area contributed by atoms with Crippen molar-refractivity contribution in [2.45, 2.75) is 168 Å². The highest BCUT2D eigenvalue weighted by Crippen LogP contribution is 2.40. The van der Waals surface area contributed by atoms with E-state index in [0.717, 1.165) is 83.7 Å². The number of benzene rings is 4. The summed E-state index contributed by atoms with van der Waals surface area (Å²) in [4.78, 5) is 82.8. The first-order valence-corrected chi connectivity index (χ1v) is 48.5. The quantitative estimate of drug-likeness (QED) is 0.0347. The first kappa shape index (κ1) is 101. The van der Waals surface area contributed by atoms with E-state index in [4.69, 9.17) is 13.1 Å². The number of likely N-dealkylation sites (tertiary alicyclic amines) is 4. The van der Waals surface area contributed by atoms with Crippen LogP contribution in [0.15, 0.2) is 122 Å². The van der Waals surface area contributed by atoms with Crippen LogP contribution in [0.25, 0.3) is 54.2 Å². The van der Waals surface area contributed by atoms with Crippen molar-refractivity contribution in [1.82, 2.24) is 75.6 Å². The Balaban J connectivity index is 0.000000179. The van der Waals surface area contributed by atoms with E-state index in [2.05, 4.69) is 78.2 Å². The molecule has 0 bridgehead atoms. The number of fused-ring (bicyclic) bond motifs is 1. The number of likely N-dealkylation sites (N-methyl/N-ethyl adjacent to an activating group) is 8.